The highest BCUT2D eigenvalue weighted by molar-refractivity contribution is 6.33. The summed E-state index contributed by atoms with van der Waals surface area (Å²) >= 11 is 12.0. The lowest BCUT2D eigenvalue weighted by molar-refractivity contribution is -0.116. The maximum Gasteiger partial charge on any atom is 0.246 e. The summed E-state index contributed by atoms with van der Waals surface area (Å²) in [4.78, 5) is 12.3. The molecule has 2 rings (SSSR count). The van der Waals surface area contributed by atoms with Crippen LogP contribution < -0.4 is 15.4 Å². The highest BCUT2D eigenvalue weighted by Gasteiger charge is 2.17. The molecule has 0 spiro atoms. The van der Waals surface area contributed by atoms with Crippen molar-refractivity contribution in [1.29, 1.82) is 0 Å². The summed E-state index contributed by atoms with van der Waals surface area (Å²) < 4.78 is 18.3. The fourth-order valence-electron chi connectivity index (χ4n) is 2.08. The minimum absolute atomic E-state index is 0.135. The lowest BCUT2D eigenvalue weighted by Gasteiger charge is -2.18. The molecule has 0 saturated carbocycles. The molecule has 24 heavy (non-hydrogen) atoms. The standard InChI is InChI=1S/C17H17Cl2FN2O2/c1-9-6-15(16(24-3)8-12(9)18)21-10(2)17(23)22-14-5-4-11(20)7-13(14)19/h4-8,10,21H,1-3H3,(H,22,23)/t10-/m1/s1. The van der Waals surface area contributed by atoms with Crippen LogP contribution in [0.25, 0.3) is 0 Å². The number of nitrogens with one attached hydrogen (secondary N) is 2. The van der Waals surface area contributed by atoms with E-state index in [1.54, 1.807) is 19.1 Å². The predicted octanol–water partition coefficient (Wildman–Crippen LogP) is 4.89. The molecule has 0 fully saturated rings. The minimum Gasteiger partial charge on any atom is -0.495 e. The van der Waals surface area contributed by atoms with E-state index in [4.69, 9.17) is 27.9 Å². The first-order valence-corrected chi connectivity index (χ1v) is 7.94. The van der Waals surface area contributed by atoms with Crippen LogP contribution in [0.5, 0.6) is 5.75 Å². The number of halogens is 3. The molecule has 0 aliphatic heterocycles. The van der Waals surface area contributed by atoms with Gasteiger partial charge in [0.1, 0.15) is 17.6 Å². The quantitative estimate of drug-likeness (QED) is 0.787. The molecule has 0 aliphatic carbocycles. The summed E-state index contributed by atoms with van der Waals surface area (Å²) in [5.74, 6) is -0.256. The lowest BCUT2D eigenvalue weighted by Crippen LogP contribution is -2.32. The van der Waals surface area contributed by atoms with Crippen LogP contribution >= 0.6 is 23.2 Å². The Labute approximate surface area is 149 Å². The van der Waals surface area contributed by atoms with Crippen molar-refractivity contribution >= 4 is 40.5 Å². The number of carbonyl (C=O) groups is 1. The Bertz CT molecular complexity index is 768. The number of carbonyl (C=O) groups excluding carboxylic acids is 1. The van der Waals surface area contributed by atoms with Gasteiger partial charge in [0.15, 0.2) is 0 Å². The minimum atomic E-state index is -0.583. The van der Waals surface area contributed by atoms with E-state index in [0.717, 1.165) is 11.6 Å². The van der Waals surface area contributed by atoms with Gasteiger partial charge in [0, 0.05) is 11.1 Å². The molecule has 128 valence electrons. The van der Waals surface area contributed by atoms with Gasteiger partial charge in [-0.1, -0.05) is 23.2 Å². The molecule has 4 nitrogen and oxygen atoms in total. The molecule has 2 aromatic carbocycles. The maximum atomic E-state index is 13.1. The average molecular weight is 371 g/mol. The van der Waals surface area contributed by atoms with Crippen LogP contribution in [0.2, 0.25) is 10.0 Å². The van der Waals surface area contributed by atoms with Crippen molar-refractivity contribution in [3.05, 3.63) is 51.8 Å². The van der Waals surface area contributed by atoms with E-state index in [0.29, 0.717) is 22.1 Å². The van der Waals surface area contributed by atoms with Crippen LogP contribution in [0.3, 0.4) is 0 Å². The van der Waals surface area contributed by atoms with E-state index >= 15 is 0 Å². The van der Waals surface area contributed by atoms with E-state index in [9.17, 15) is 9.18 Å². The summed E-state index contributed by atoms with van der Waals surface area (Å²) in [7, 11) is 1.52. The fraction of sp³-hybridized carbons (Fsp3) is 0.235. The average Bonchev–Trinajstić information content (AvgIpc) is 2.53. The van der Waals surface area contributed by atoms with Gasteiger partial charge in [-0.05, 0) is 43.7 Å². The van der Waals surface area contributed by atoms with Crippen LogP contribution in [0, 0.1) is 12.7 Å². The molecule has 1 atom stereocenters. The van der Waals surface area contributed by atoms with Crippen LogP contribution in [0.15, 0.2) is 30.3 Å². The SMILES string of the molecule is COc1cc(Cl)c(C)cc1N[C@H](C)C(=O)Nc1ccc(F)cc1Cl. The van der Waals surface area contributed by atoms with Crippen LogP contribution in [0.4, 0.5) is 15.8 Å². The Balaban J connectivity index is 2.13. The number of amides is 1. The largest absolute Gasteiger partial charge is 0.495 e. The van der Waals surface area contributed by atoms with Crippen molar-refractivity contribution in [1.82, 2.24) is 0 Å². The van der Waals surface area contributed by atoms with E-state index in [1.165, 1.54) is 19.2 Å². The monoisotopic (exact) mass is 370 g/mol. The fourth-order valence-corrected chi connectivity index (χ4v) is 2.44. The van der Waals surface area contributed by atoms with Gasteiger partial charge >= 0.3 is 0 Å². The second-order valence-corrected chi connectivity index (χ2v) is 6.10. The first-order valence-electron chi connectivity index (χ1n) is 7.18. The Morgan fingerprint density at radius 2 is 1.88 bits per heavy atom. The number of ether oxygens (including phenoxy) is 1. The molecule has 0 aliphatic rings. The molecular weight excluding hydrogens is 354 g/mol. The second-order valence-electron chi connectivity index (χ2n) is 5.28. The smallest absolute Gasteiger partial charge is 0.246 e. The molecule has 0 bridgehead atoms. The van der Waals surface area contributed by atoms with Gasteiger partial charge in [-0.3, -0.25) is 4.79 Å². The molecule has 0 radical (unpaired) electrons. The molecule has 0 saturated heterocycles. The number of anilines is 2. The highest BCUT2D eigenvalue weighted by atomic mass is 35.5. The number of methoxy groups -OCH3 is 1. The third-order valence-corrected chi connectivity index (χ3v) is 4.15. The predicted molar refractivity (Wildman–Crippen MR) is 95.9 cm³/mol. The maximum absolute atomic E-state index is 13.1. The van der Waals surface area contributed by atoms with Gasteiger partial charge in [-0.15, -0.1) is 0 Å². The van der Waals surface area contributed by atoms with Gasteiger partial charge in [0.2, 0.25) is 5.91 Å². The first kappa shape index (κ1) is 18.4. The van der Waals surface area contributed by atoms with E-state index in [1.807, 2.05) is 6.92 Å². The second kappa shape index (κ2) is 7.73. The summed E-state index contributed by atoms with van der Waals surface area (Å²) in [6.07, 6.45) is 0. The van der Waals surface area contributed by atoms with Crippen molar-refractivity contribution in [2.45, 2.75) is 19.9 Å². The Morgan fingerprint density at radius 3 is 2.50 bits per heavy atom. The molecular formula is C17H17Cl2FN2O2. The van der Waals surface area contributed by atoms with Gasteiger partial charge in [0.25, 0.3) is 0 Å². The Kier molecular flexibility index (Phi) is 5.91. The number of benzene rings is 2. The van der Waals surface area contributed by atoms with Crippen molar-refractivity contribution < 1.29 is 13.9 Å². The first-order chi connectivity index (χ1) is 11.3. The normalized spacial score (nSPS) is 11.8. The summed E-state index contributed by atoms with van der Waals surface area (Å²) in [6, 6.07) is 6.68. The van der Waals surface area contributed by atoms with Crippen LogP contribution in [-0.4, -0.2) is 19.1 Å². The molecule has 0 unspecified atom stereocenters. The zero-order valence-electron chi connectivity index (χ0n) is 13.4. The van der Waals surface area contributed by atoms with Gasteiger partial charge < -0.3 is 15.4 Å². The van der Waals surface area contributed by atoms with Gasteiger partial charge in [-0.25, -0.2) is 4.39 Å². The number of hydrogen-bond donors (Lipinski definition) is 2. The Hall–Kier alpha value is -1.98. The molecule has 0 aromatic heterocycles. The molecule has 7 heteroatoms. The zero-order valence-corrected chi connectivity index (χ0v) is 14.9. The van der Waals surface area contributed by atoms with Crippen molar-refractivity contribution in [3.8, 4) is 5.75 Å². The Morgan fingerprint density at radius 1 is 1.17 bits per heavy atom. The summed E-state index contributed by atoms with van der Waals surface area (Å²) in [6.45, 7) is 3.55. The van der Waals surface area contributed by atoms with Crippen molar-refractivity contribution in [2.24, 2.45) is 0 Å². The van der Waals surface area contributed by atoms with E-state index in [-0.39, 0.29) is 10.9 Å². The third-order valence-electron chi connectivity index (χ3n) is 3.44. The topological polar surface area (TPSA) is 50.4 Å². The lowest BCUT2D eigenvalue weighted by atomic mass is 10.2. The summed E-state index contributed by atoms with van der Waals surface area (Å²) in [5.41, 5.74) is 1.84. The van der Waals surface area contributed by atoms with Crippen molar-refractivity contribution in [2.75, 3.05) is 17.7 Å². The number of hydrogen-bond acceptors (Lipinski definition) is 3. The molecule has 0 heterocycles. The van der Waals surface area contributed by atoms with E-state index < -0.39 is 11.9 Å². The van der Waals surface area contributed by atoms with E-state index in [2.05, 4.69) is 10.6 Å². The van der Waals surface area contributed by atoms with Crippen molar-refractivity contribution in [3.63, 3.8) is 0 Å². The van der Waals surface area contributed by atoms with Crippen LogP contribution in [0.1, 0.15) is 12.5 Å². The number of aryl methyl sites for hydroxylation is 1. The summed E-state index contributed by atoms with van der Waals surface area (Å²) in [5, 5.41) is 6.43. The zero-order chi connectivity index (χ0) is 17.9. The van der Waals surface area contributed by atoms with Gasteiger partial charge in [0.05, 0.1) is 23.5 Å². The highest BCUT2D eigenvalue weighted by Crippen LogP contribution is 2.31. The number of rotatable bonds is 5. The van der Waals surface area contributed by atoms with Gasteiger partial charge in [-0.2, -0.15) is 0 Å². The third kappa shape index (κ3) is 4.30. The van der Waals surface area contributed by atoms with Crippen LogP contribution in [-0.2, 0) is 4.79 Å². The molecule has 2 aromatic rings. The molecule has 1 amide bonds. The molecule has 2 N–H and O–H groups in total.